The van der Waals surface area contributed by atoms with Gasteiger partial charge < -0.3 is 4.74 Å². The second kappa shape index (κ2) is 9.37. The molecule has 0 amide bonds. The van der Waals surface area contributed by atoms with Crippen molar-refractivity contribution in [2.75, 3.05) is 26.2 Å². The molecule has 1 aromatic carbocycles. The second-order valence-electron chi connectivity index (χ2n) is 6.20. The van der Waals surface area contributed by atoms with E-state index in [1.807, 2.05) is 0 Å². The second-order valence-corrected chi connectivity index (χ2v) is 6.20. The Morgan fingerprint density at radius 1 is 1.21 bits per heavy atom. The van der Waals surface area contributed by atoms with Crippen LogP contribution in [0.4, 0.5) is 5.69 Å². The minimum atomic E-state index is -0.400. The highest BCUT2D eigenvalue weighted by Gasteiger charge is 2.23. The summed E-state index contributed by atoms with van der Waals surface area (Å²) >= 11 is 0. The van der Waals surface area contributed by atoms with Crippen LogP contribution >= 0.6 is 0 Å². The molecule has 0 spiro atoms. The maximum absolute atomic E-state index is 10.7. The summed E-state index contributed by atoms with van der Waals surface area (Å²) in [4.78, 5) is 17.3. The molecule has 0 bridgehead atoms. The molecule has 24 heavy (non-hydrogen) atoms. The summed E-state index contributed by atoms with van der Waals surface area (Å²) in [6.45, 7) is 8.16. The van der Waals surface area contributed by atoms with Crippen LogP contribution in [0.15, 0.2) is 29.3 Å². The van der Waals surface area contributed by atoms with Gasteiger partial charge in [0.2, 0.25) is 5.90 Å². The smallest absolute Gasteiger partial charge is 0.269 e. The van der Waals surface area contributed by atoms with Gasteiger partial charge in [-0.3, -0.25) is 15.0 Å². The number of benzene rings is 1. The van der Waals surface area contributed by atoms with Crippen molar-refractivity contribution in [2.24, 2.45) is 4.99 Å². The molecule has 0 aliphatic carbocycles. The summed E-state index contributed by atoms with van der Waals surface area (Å²) in [6, 6.07) is 6.38. The molecule has 0 unspecified atom stereocenters. The van der Waals surface area contributed by atoms with Crippen molar-refractivity contribution in [3.05, 3.63) is 39.9 Å². The van der Waals surface area contributed by atoms with Crippen LogP contribution < -0.4 is 0 Å². The van der Waals surface area contributed by atoms with E-state index >= 15 is 0 Å². The fraction of sp³-hybridized carbons (Fsp3) is 0.611. The minimum Gasteiger partial charge on any atom is -0.471 e. The maximum Gasteiger partial charge on any atom is 0.269 e. The molecule has 1 aromatic rings. The predicted octanol–water partition coefficient (Wildman–Crippen LogP) is 3.64. The molecule has 6 nitrogen and oxygen atoms in total. The molecule has 1 heterocycles. The number of nitro groups is 1. The van der Waals surface area contributed by atoms with E-state index in [0.717, 1.165) is 25.2 Å². The third kappa shape index (κ3) is 5.30. The average molecular weight is 333 g/mol. The van der Waals surface area contributed by atoms with Gasteiger partial charge in [-0.2, -0.15) is 0 Å². The lowest BCUT2D eigenvalue weighted by Crippen LogP contribution is -2.35. The SMILES string of the molecule is CCCCN(CCCC)C[C@H]1CN=C(c2ccc([N+](=O)[O-])cc2)O1. The van der Waals surface area contributed by atoms with Gasteiger partial charge in [-0.15, -0.1) is 0 Å². The Kier molecular flexibility index (Phi) is 7.18. The number of hydrogen-bond acceptors (Lipinski definition) is 5. The Balaban J connectivity index is 1.89. The number of nitro benzene ring substituents is 1. The van der Waals surface area contributed by atoms with E-state index in [2.05, 4.69) is 23.7 Å². The first-order valence-electron chi connectivity index (χ1n) is 8.82. The maximum atomic E-state index is 10.7. The van der Waals surface area contributed by atoms with Gasteiger partial charge in [0, 0.05) is 24.2 Å². The third-order valence-electron chi connectivity index (χ3n) is 4.16. The Bertz CT molecular complexity index is 549. The van der Waals surface area contributed by atoms with Gasteiger partial charge in [0.05, 0.1) is 11.5 Å². The zero-order valence-corrected chi connectivity index (χ0v) is 14.6. The van der Waals surface area contributed by atoms with Crippen LogP contribution in [-0.4, -0.2) is 48.0 Å². The van der Waals surface area contributed by atoms with Gasteiger partial charge in [0.25, 0.3) is 5.69 Å². The van der Waals surface area contributed by atoms with Crippen molar-refractivity contribution in [1.29, 1.82) is 0 Å². The van der Waals surface area contributed by atoms with Crippen molar-refractivity contribution in [2.45, 2.75) is 45.6 Å². The number of rotatable bonds is 10. The fourth-order valence-corrected chi connectivity index (χ4v) is 2.74. The molecule has 1 aliphatic heterocycles. The summed E-state index contributed by atoms with van der Waals surface area (Å²) in [5.41, 5.74) is 0.885. The number of non-ortho nitro benzene ring substituents is 1. The van der Waals surface area contributed by atoms with E-state index in [1.165, 1.54) is 37.8 Å². The topological polar surface area (TPSA) is 68.0 Å². The molecule has 6 heteroatoms. The van der Waals surface area contributed by atoms with E-state index < -0.39 is 4.92 Å². The highest BCUT2D eigenvalue weighted by Crippen LogP contribution is 2.17. The van der Waals surface area contributed by atoms with Gasteiger partial charge in [-0.25, -0.2) is 4.99 Å². The summed E-state index contributed by atoms with van der Waals surface area (Å²) in [6.07, 6.45) is 4.86. The van der Waals surface area contributed by atoms with Crippen LogP contribution in [0.25, 0.3) is 0 Å². The van der Waals surface area contributed by atoms with Crippen molar-refractivity contribution in [3.8, 4) is 0 Å². The quantitative estimate of drug-likeness (QED) is 0.484. The lowest BCUT2D eigenvalue weighted by atomic mass is 10.2. The number of nitrogens with zero attached hydrogens (tertiary/aromatic N) is 3. The summed E-state index contributed by atoms with van der Waals surface area (Å²) in [5.74, 6) is 0.598. The Labute approximate surface area is 143 Å². The molecular weight excluding hydrogens is 306 g/mol. The van der Waals surface area contributed by atoms with Gasteiger partial charge in [0.15, 0.2) is 0 Å². The van der Waals surface area contributed by atoms with Crippen LogP contribution in [0.1, 0.15) is 45.1 Å². The first kappa shape index (κ1) is 18.4. The van der Waals surface area contributed by atoms with Crippen molar-refractivity contribution >= 4 is 11.6 Å². The van der Waals surface area contributed by atoms with Crippen molar-refractivity contribution < 1.29 is 9.66 Å². The number of aliphatic imine (C=N–C) groups is 1. The molecule has 0 fully saturated rings. The molecule has 1 atom stereocenters. The Morgan fingerprint density at radius 3 is 2.38 bits per heavy atom. The van der Waals surface area contributed by atoms with E-state index in [0.29, 0.717) is 12.4 Å². The molecule has 2 rings (SSSR count). The van der Waals surface area contributed by atoms with Crippen LogP contribution in [0, 0.1) is 10.1 Å². The molecule has 0 saturated heterocycles. The van der Waals surface area contributed by atoms with E-state index in [1.54, 1.807) is 12.1 Å². The minimum absolute atomic E-state index is 0.0731. The zero-order chi connectivity index (χ0) is 17.4. The lowest BCUT2D eigenvalue weighted by Gasteiger charge is -2.24. The average Bonchev–Trinajstić information content (AvgIpc) is 3.06. The van der Waals surface area contributed by atoms with Crippen molar-refractivity contribution in [1.82, 2.24) is 4.90 Å². The summed E-state index contributed by atoms with van der Waals surface area (Å²) in [7, 11) is 0. The molecular formula is C18H27N3O3. The molecule has 0 aromatic heterocycles. The van der Waals surface area contributed by atoms with Gasteiger partial charge >= 0.3 is 0 Å². The van der Waals surface area contributed by atoms with Gasteiger partial charge in [-0.1, -0.05) is 26.7 Å². The van der Waals surface area contributed by atoms with E-state index in [4.69, 9.17) is 4.74 Å². The Morgan fingerprint density at radius 2 is 1.83 bits per heavy atom. The fourth-order valence-electron chi connectivity index (χ4n) is 2.74. The standard InChI is InChI=1S/C18H27N3O3/c1-3-5-11-20(12-6-4-2)14-17-13-19-18(24-17)15-7-9-16(10-8-15)21(22)23/h7-10,17H,3-6,11-14H2,1-2H3/t17-/m1/s1. The lowest BCUT2D eigenvalue weighted by molar-refractivity contribution is -0.384. The molecule has 132 valence electrons. The number of ether oxygens (including phenoxy) is 1. The molecule has 0 saturated carbocycles. The molecule has 0 N–H and O–H groups in total. The predicted molar refractivity (Wildman–Crippen MR) is 95.6 cm³/mol. The van der Waals surface area contributed by atoms with Crippen LogP contribution in [0.3, 0.4) is 0 Å². The van der Waals surface area contributed by atoms with E-state index in [-0.39, 0.29) is 11.8 Å². The summed E-state index contributed by atoms with van der Waals surface area (Å²) < 4.78 is 5.98. The largest absolute Gasteiger partial charge is 0.471 e. The van der Waals surface area contributed by atoms with Crippen LogP contribution in [-0.2, 0) is 4.74 Å². The molecule has 1 aliphatic rings. The number of unbranched alkanes of at least 4 members (excludes halogenated alkanes) is 2. The first-order valence-corrected chi connectivity index (χ1v) is 8.82. The normalized spacial score (nSPS) is 17.0. The monoisotopic (exact) mass is 333 g/mol. The number of hydrogen-bond donors (Lipinski definition) is 0. The first-order chi connectivity index (χ1) is 11.6. The third-order valence-corrected chi connectivity index (χ3v) is 4.16. The Hall–Kier alpha value is -1.95. The van der Waals surface area contributed by atoms with E-state index in [9.17, 15) is 10.1 Å². The van der Waals surface area contributed by atoms with Gasteiger partial charge in [-0.05, 0) is 38.1 Å². The highest BCUT2D eigenvalue weighted by molar-refractivity contribution is 5.95. The zero-order valence-electron chi connectivity index (χ0n) is 14.6. The van der Waals surface area contributed by atoms with Crippen molar-refractivity contribution in [3.63, 3.8) is 0 Å². The van der Waals surface area contributed by atoms with Crippen LogP contribution in [0.5, 0.6) is 0 Å². The van der Waals surface area contributed by atoms with Crippen LogP contribution in [0.2, 0.25) is 0 Å². The van der Waals surface area contributed by atoms with Gasteiger partial charge in [0.1, 0.15) is 6.10 Å². The highest BCUT2D eigenvalue weighted by atomic mass is 16.6. The summed E-state index contributed by atoms with van der Waals surface area (Å²) in [5, 5.41) is 10.7. The molecule has 0 radical (unpaired) electrons.